The summed E-state index contributed by atoms with van der Waals surface area (Å²) in [6, 6.07) is 0. The standard InChI is InChI=1S/C20H28O8.3C18H26O6.C17H24O6.10CH4/c1-4-20(2,3)19(24)26-8-7-25-14(21)5-6-15(22)27-16-11-9-12-13(10-11)18(23)28-17(12)16;1-5-17(2,3)16(21)22-7-6-12(19)23-14-13-10-8-18(14,4)9-11(10)15(20)24-13;1-5-17(2,3)16(21)22-7-6-13(19)24-18(4)10-8-11-12(9-10)15(20)23-14(11)18;1-5-17(2,3)16(21)22-7-6-13(19)23-14-10-8-11-12(9-10)18(14,4)24-15(11)20;1-4-17(2,3)16(20)21-6-5-12(18)22-13-9-7-10-11(8-9)15(19)23-14(10)13;;;;;;;;;;/h11-13,16-17H,4-10H2,1-3H3;10-11,13-14H,5-9H2,1-4H3;2*10-12,14H,5-9H2,1-4H3;9-11,13-14H,4-8H2,1-3H3;10*1H4. The number of carbonyl (C=O) groups is 16. The number of carbonyl (C=O) groups excluding carboxylic acids is 16. The molecule has 0 aromatic carbocycles. The van der Waals surface area contributed by atoms with Crippen molar-refractivity contribution in [2.75, 3.05) is 39.6 Å². The van der Waals surface area contributed by atoms with E-state index < -0.39 is 80.2 Å². The Balaban J connectivity index is 0.000000817. The third kappa shape index (κ3) is 25.7. The van der Waals surface area contributed by atoms with Gasteiger partial charge in [-0.1, -0.05) is 116 Å². The van der Waals surface area contributed by atoms with E-state index in [1.54, 1.807) is 13.8 Å². The molecular formula is C101H170O32. The van der Waals surface area contributed by atoms with Crippen LogP contribution >= 0.6 is 0 Å². The lowest BCUT2D eigenvalue weighted by atomic mass is 9.79. The average Bonchev–Trinajstić information content (AvgIpc) is 1.54. The third-order valence-corrected chi connectivity index (χ3v) is 30.4. The predicted molar refractivity (Wildman–Crippen MR) is 492 cm³/mol. The van der Waals surface area contributed by atoms with Crippen molar-refractivity contribution in [3.05, 3.63) is 0 Å². The molecule has 32 heteroatoms. The summed E-state index contributed by atoms with van der Waals surface area (Å²) in [5, 5.41) is 0. The molecule has 32 nitrogen and oxygen atoms in total. The van der Waals surface area contributed by atoms with Crippen molar-refractivity contribution < 1.29 is 153 Å². The van der Waals surface area contributed by atoms with Crippen LogP contribution in [0, 0.1) is 115 Å². The van der Waals surface area contributed by atoms with Crippen LogP contribution in [-0.2, 0) is 153 Å². The zero-order valence-electron chi connectivity index (χ0n) is 74.9. The Bertz CT molecular complexity index is 4010. The van der Waals surface area contributed by atoms with Crippen molar-refractivity contribution in [2.24, 2.45) is 115 Å². The molecule has 25 atom stereocenters. The normalized spacial score (nSPS) is 32.1. The van der Waals surface area contributed by atoms with Crippen LogP contribution in [-0.4, -0.2) is 195 Å². The molecule has 25 unspecified atom stereocenters. The van der Waals surface area contributed by atoms with E-state index in [4.69, 9.17) is 75.8 Å². The molecule has 0 spiro atoms. The summed E-state index contributed by atoms with van der Waals surface area (Å²) in [7, 11) is 0. The highest BCUT2D eigenvalue weighted by Crippen LogP contribution is 2.65. The molecule has 766 valence electrons. The monoisotopic (exact) mass is 1900 g/mol. The van der Waals surface area contributed by atoms with E-state index in [2.05, 4.69) is 6.92 Å². The first-order valence-corrected chi connectivity index (χ1v) is 44.7. The Labute approximate surface area is 793 Å². The molecule has 15 rings (SSSR count). The zero-order chi connectivity index (χ0) is 90.3. The Morgan fingerprint density at radius 1 is 0.323 bits per heavy atom. The summed E-state index contributed by atoms with van der Waals surface area (Å²) in [6.07, 6.45) is 8.63. The highest BCUT2D eigenvalue weighted by atomic mass is 16.6. The van der Waals surface area contributed by atoms with Crippen LogP contribution in [0.15, 0.2) is 0 Å². The smallest absolute Gasteiger partial charge is 0.311 e. The quantitative estimate of drug-likeness (QED) is 0.0334. The molecule has 5 heterocycles. The zero-order valence-corrected chi connectivity index (χ0v) is 74.9. The minimum atomic E-state index is -0.739. The molecule has 10 aliphatic carbocycles. The fourth-order valence-corrected chi connectivity index (χ4v) is 20.8. The van der Waals surface area contributed by atoms with Gasteiger partial charge in [-0.05, 0) is 179 Å². The predicted octanol–water partition coefficient (Wildman–Crippen LogP) is 16.7. The van der Waals surface area contributed by atoms with Gasteiger partial charge in [0.2, 0.25) is 0 Å². The molecule has 5 aliphatic heterocycles. The molecule has 0 radical (unpaired) electrons. The summed E-state index contributed by atoms with van der Waals surface area (Å²) in [6.45, 7) is 33.4. The van der Waals surface area contributed by atoms with Gasteiger partial charge in [-0.2, -0.15) is 0 Å². The third-order valence-electron chi connectivity index (χ3n) is 30.4. The maximum absolute atomic E-state index is 12.2. The van der Waals surface area contributed by atoms with Crippen molar-refractivity contribution in [1.29, 1.82) is 0 Å². The van der Waals surface area contributed by atoms with Crippen molar-refractivity contribution in [3.63, 3.8) is 0 Å². The van der Waals surface area contributed by atoms with E-state index in [0.29, 0.717) is 38.5 Å². The molecular weight excluding hydrogens is 1730 g/mol. The van der Waals surface area contributed by atoms with Gasteiger partial charge in [0.05, 0.1) is 95.2 Å². The van der Waals surface area contributed by atoms with E-state index >= 15 is 0 Å². The van der Waals surface area contributed by atoms with E-state index in [0.717, 1.165) is 57.8 Å². The van der Waals surface area contributed by atoms with Gasteiger partial charge in [-0.15, -0.1) is 0 Å². The Morgan fingerprint density at radius 3 is 1.10 bits per heavy atom. The van der Waals surface area contributed by atoms with Crippen molar-refractivity contribution in [2.45, 2.75) is 394 Å². The van der Waals surface area contributed by atoms with Gasteiger partial charge in [-0.3, -0.25) is 76.7 Å². The molecule has 0 N–H and O–H groups in total. The van der Waals surface area contributed by atoms with Crippen LogP contribution in [0.25, 0.3) is 0 Å². The lowest BCUT2D eigenvalue weighted by molar-refractivity contribution is -0.181. The second-order valence-corrected chi connectivity index (χ2v) is 40.4. The Morgan fingerprint density at radius 2 is 0.669 bits per heavy atom. The van der Waals surface area contributed by atoms with E-state index in [-0.39, 0.29) is 343 Å². The minimum Gasteiger partial charge on any atom is -0.465 e. The highest BCUT2D eigenvalue weighted by Gasteiger charge is 2.73. The van der Waals surface area contributed by atoms with Gasteiger partial charge < -0.3 is 75.8 Å². The van der Waals surface area contributed by atoms with Gasteiger partial charge in [0.1, 0.15) is 99.7 Å². The van der Waals surface area contributed by atoms with Crippen LogP contribution in [0.3, 0.4) is 0 Å². The van der Waals surface area contributed by atoms with Crippen LogP contribution in [0.2, 0.25) is 0 Å². The number of fused-ring (bicyclic) bond motifs is 5. The summed E-state index contributed by atoms with van der Waals surface area (Å²) in [4.78, 5) is 190. The highest BCUT2D eigenvalue weighted by molar-refractivity contribution is 5.84. The number of esters is 16. The fraction of sp³-hybridized carbons (Fsp3) is 0.842. The molecule has 133 heavy (non-hydrogen) atoms. The van der Waals surface area contributed by atoms with Crippen LogP contribution < -0.4 is 0 Å². The number of rotatable bonds is 33. The minimum absolute atomic E-state index is 0. The molecule has 0 aromatic heterocycles. The van der Waals surface area contributed by atoms with Gasteiger partial charge >= 0.3 is 95.5 Å². The average molecular weight is 1900 g/mol. The van der Waals surface area contributed by atoms with E-state index in [1.165, 1.54) is 0 Å². The van der Waals surface area contributed by atoms with Crippen LogP contribution in [0.4, 0.5) is 0 Å². The number of ether oxygens (including phenoxy) is 16. The van der Waals surface area contributed by atoms with Crippen LogP contribution in [0.5, 0.6) is 0 Å². The first-order chi connectivity index (χ1) is 57.6. The Kier molecular flexibility index (Phi) is 44.2. The maximum Gasteiger partial charge on any atom is 0.311 e. The lowest BCUT2D eigenvalue weighted by Gasteiger charge is -2.36. The first kappa shape index (κ1) is 123. The van der Waals surface area contributed by atoms with Crippen LogP contribution in [0.1, 0.15) is 334 Å². The molecule has 5 saturated heterocycles. The molecule has 0 aromatic rings. The molecule has 0 amide bonds. The van der Waals surface area contributed by atoms with Gasteiger partial charge in [0.15, 0.2) is 0 Å². The van der Waals surface area contributed by atoms with Crippen molar-refractivity contribution in [1.82, 2.24) is 0 Å². The second-order valence-electron chi connectivity index (χ2n) is 40.4. The molecule has 10 saturated carbocycles. The maximum atomic E-state index is 12.2. The summed E-state index contributed by atoms with van der Waals surface area (Å²) in [5.74, 6) is -3.40. The van der Waals surface area contributed by atoms with Gasteiger partial charge in [-0.25, -0.2) is 0 Å². The first-order valence-electron chi connectivity index (χ1n) is 44.7. The summed E-state index contributed by atoms with van der Waals surface area (Å²) in [5.41, 5.74) is -4.35. The lowest BCUT2D eigenvalue weighted by Crippen LogP contribution is -2.47. The molecule has 10 bridgehead atoms. The topological polar surface area (TPSA) is 421 Å². The summed E-state index contributed by atoms with van der Waals surface area (Å²) >= 11 is 0. The second kappa shape index (κ2) is 48.0. The van der Waals surface area contributed by atoms with Gasteiger partial charge in [0, 0.05) is 58.7 Å². The molecule has 15 fully saturated rings. The van der Waals surface area contributed by atoms with E-state index in [9.17, 15) is 76.7 Å². The van der Waals surface area contributed by atoms with Crippen molar-refractivity contribution in [3.8, 4) is 0 Å². The number of hydrogen-bond acceptors (Lipinski definition) is 32. The van der Waals surface area contributed by atoms with Gasteiger partial charge in [0.25, 0.3) is 0 Å². The fourth-order valence-electron chi connectivity index (χ4n) is 20.8. The molecule has 15 aliphatic rings. The van der Waals surface area contributed by atoms with Crippen molar-refractivity contribution >= 4 is 95.5 Å². The van der Waals surface area contributed by atoms with E-state index in [1.807, 2.05) is 104 Å². The summed E-state index contributed by atoms with van der Waals surface area (Å²) < 4.78 is 85.8. The Hall–Kier alpha value is -8.48. The number of hydrogen-bond donors (Lipinski definition) is 0. The largest absolute Gasteiger partial charge is 0.465 e. The SMILES string of the molecule is C.C.C.C.C.C.C.C.C.C.CCC(C)(C)C(=O)OCCC(=O)OC1(C)C2CC3C(=O)OC1C3C2.CCC(C)(C)C(=O)OCCC(=O)OC1C2CC3C(=O)OC1(C)C3C2.CCC(C)(C)C(=O)OCCC(=O)OC1C2CC3C(=O)OC1C3C2.CCC(C)(C)C(=O)OCCC(=O)OC1C2OC(=O)C3CC1(C)CC32.CCC(C)(C)C(=O)OCCOC(=O)CCC(=O)OC1C2CC3C(=O)OC1C3C2.